The van der Waals surface area contributed by atoms with Crippen molar-refractivity contribution in [2.75, 3.05) is 20.8 Å². The lowest BCUT2D eigenvalue weighted by Gasteiger charge is -2.23. The predicted octanol–water partition coefficient (Wildman–Crippen LogP) is 3.58. The first-order valence-corrected chi connectivity index (χ1v) is 6.40. The Bertz CT molecular complexity index is 416. The van der Waals surface area contributed by atoms with E-state index in [1.807, 2.05) is 6.92 Å². The van der Waals surface area contributed by atoms with Crippen LogP contribution in [0.3, 0.4) is 0 Å². The largest absolute Gasteiger partial charge is 0.493 e. The first-order valence-electron chi connectivity index (χ1n) is 6.02. The maximum atomic E-state index is 9.38. The molecule has 0 aromatic heterocycles. The van der Waals surface area contributed by atoms with E-state index in [1.165, 1.54) is 0 Å². The van der Waals surface area contributed by atoms with Gasteiger partial charge in [-0.3, -0.25) is 0 Å². The Morgan fingerprint density at radius 2 is 1.78 bits per heavy atom. The number of benzene rings is 1. The van der Waals surface area contributed by atoms with Crippen LogP contribution in [-0.2, 0) is 0 Å². The van der Waals surface area contributed by atoms with Crippen LogP contribution < -0.4 is 9.47 Å². The number of methoxy groups -OCH3 is 2. The van der Waals surface area contributed by atoms with E-state index in [2.05, 4.69) is 13.8 Å². The van der Waals surface area contributed by atoms with Crippen LogP contribution >= 0.6 is 11.6 Å². The molecule has 1 unspecified atom stereocenters. The molecule has 0 radical (unpaired) electrons. The van der Waals surface area contributed by atoms with Crippen molar-refractivity contribution in [2.45, 2.75) is 32.6 Å². The molecule has 1 atom stereocenters. The summed E-state index contributed by atoms with van der Waals surface area (Å²) in [6, 6.07) is 1.74. The van der Waals surface area contributed by atoms with Crippen LogP contribution in [0.5, 0.6) is 11.5 Å². The summed E-state index contributed by atoms with van der Waals surface area (Å²) in [5, 5.41) is 9.99. The molecule has 0 aliphatic carbocycles. The molecule has 1 aromatic rings. The van der Waals surface area contributed by atoms with Crippen LogP contribution in [0.1, 0.15) is 43.7 Å². The van der Waals surface area contributed by atoms with Gasteiger partial charge in [-0.15, -0.1) is 0 Å². The summed E-state index contributed by atoms with van der Waals surface area (Å²) in [6.45, 7) is 6.14. The molecule has 4 heteroatoms. The van der Waals surface area contributed by atoms with Gasteiger partial charge in [-0.25, -0.2) is 0 Å². The fourth-order valence-corrected chi connectivity index (χ4v) is 2.56. The molecule has 3 nitrogen and oxygen atoms in total. The summed E-state index contributed by atoms with van der Waals surface area (Å²) in [5.74, 6) is 1.53. The maximum absolute atomic E-state index is 9.38. The van der Waals surface area contributed by atoms with Gasteiger partial charge >= 0.3 is 0 Å². The van der Waals surface area contributed by atoms with E-state index in [-0.39, 0.29) is 18.4 Å². The maximum Gasteiger partial charge on any atom is 0.164 e. The van der Waals surface area contributed by atoms with Crippen LogP contribution in [-0.4, -0.2) is 25.9 Å². The zero-order valence-electron chi connectivity index (χ0n) is 11.6. The zero-order valence-corrected chi connectivity index (χ0v) is 12.3. The van der Waals surface area contributed by atoms with Gasteiger partial charge in [0.15, 0.2) is 11.5 Å². The fourth-order valence-electron chi connectivity index (χ4n) is 2.17. The van der Waals surface area contributed by atoms with Gasteiger partial charge in [-0.1, -0.05) is 32.4 Å². The minimum atomic E-state index is -0.0327. The summed E-state index contributed by atoms with van der Waals surface area (Å²) in [5.41, 5.74) is 1.94. The van der Waals surface area contributed by atoms with Gasteiger partial charge in [0.2, 0.25) is 0 Å². The van der Waals surface area contributed by atoms with E-state index in [9.17, 15) is 5.11 Å². The third-order valence-electron chi connectivity index (χ3n) is 3.04. The highest BCUT2D eigenvalue weighted by molar-refractivity contribution is 6.31. The minimum Gasteiger partial charge on any atom is -0.493 e. The molecule has 1 aromatic carbocycles. The molecule has 1 N–H and O–H groups in total. The van der Waals surface area contributed by atoms with Crippen LogP contribution in [0.25, 0.3) is 0 Å². The van der Waals surface area contributed by atoms with Crippen LogP contribution in [0.4, 0.5) is 0 Å². The van der Waals surface area contributed by atoms with Gasteiger partial charge in [0.05, 0.1) is 14.2 Å². The first kappa shape index (κ1) is 15.1. The molecule has 18 heavy (non-hydrogen) atoms. The van der Waals surface area contributed by atoms with Crippen LogP contribution in [0.15, 0.2) is 6.07 Å². The van der Waals surface area contributed by atoms with Crippen molar-refractivity contribution in [3.05, 3.63) is 22.2 Å². The summed E-state index contributed by atoms with van der Waals surface area (Å²) >= 11 is 6.31. The van der Waals surface area contributed by atoms with E-state index in [0.717, 1.165) is 11.1 Å². The van der Waals surface area contributed by atoms with E-state index in [0.29, 0.717) is 16.5 Å². The summed E-state index contributed by atoms with van der Waals surface area (Å²) in [4.78, 5) is 0. The van der Waals surface area contributed by atoms with Crippen LogP contribution in [0.2, 0.25) is 5.02 Å². The van der Waals surface area contributed by atoms with Gasteiger partial charge < -0.3 is 14.6 Å². The number of ether oxygens (including phenoxy) is 2. The van der Waals surface area contributed by atoms with Gasteiger partial charge in [0.25, 0.3) is 0 Å². The predicted molar refractivity (Wildman–Crippen MR) is 74.1 cm³/mol. The van der Waals surface area contributed by atoms with Gasteiger partial charge in [-0.2, -0.15) is 0 Å². The molecule has 0 saturated carbocycles. The highest BCUT2D eigenvalue weighted by Crippen LogP contribution is 2.44. The summed E-state index contributed by atoms with van der Waals surface area (Å²) in [7, 11) is 3.21. The molecule has 1 rings (SSSR count). The number of rotatable bonds is 5. The smallest absolute Gasteiger partial charge is 0.164 e. The molecule has 0 aliphatic rings. The zero-order chi connectivity index (χ0) is 13.9. The highest BCUT2D eigenvalue weighted by atomic mass is 35.5. The third-order valence-corrected chi connectivity index (χ3v) is 3.35. The summed E-state index contributed by atoms with van der Waals surface area (Å²) in [6.07, 6.45) is 0. The number of aliphatic hydroxyl groups is 1. The molecule has 0 bridgehead atoms. The normalized spacial score (nSPS) is 12.7. The van der Waals surface area contributed by atoms with E-state index in [1.54, 1.807) is 20.3 Å². The topological polar surface area (TPSA) is 38.7 Å². The average Bonchev–Trinajstić information content (AvgIpc) is 2.36. The molecule has 0 heterocycles. The van der Waals surface area contributed by atoms with E-state index >= 15 is 0 Å². The van der Waals surface area contributed by atoms with E-state index in [4.69, 9.17) is 21.1 Å². The number of hydrogen-bond donors (Lipinski definition) is 1. The minimum absolute atomic E-state index is 0.0327. The second-order valence-corrected chi connectivity index (χ2v) is 5.07. The lowest BCUT2D eigenvalue weighted by atomic mass is 9.89. The van der Waals surface area contributed by atoms with Crippen molar-refractivity contribution >= 4 is 11.6 Å². The molecular formula is C14H21ClO3. The van der Waals surface area contributed by atoms with Gasteiger partial charge in [-0.05, 0) is 11.5 Å². The number of hydrogen-bond acceptors (Lipinski definition) is 3. The van der Waals surface area contributed by atoms with Crippen molar-refractivity contribution in [3.8, 4) is 11.5 Å². The highest BCUT2D eigenvalue weighted by Gasteiger charge is 2.24. The Morgan fingerprint density at radius 3 is 2.17 bits per heavy atom. The van der Waals surface area contributed by atoms with Crippen molar-refractivity contribution in [1.29, 1.82) is 0 Å². The van der Waals surface area contributed by atoms with Crippen molar-refractivity contribution in [2.24, 2.45) is 0 Å². The molecule has 0 amide bonds. The second kappa shape index (κ2) is 6.30. The van der Waals surface area contributed by atoms with Crippen molar-refractivity contribution in [3.63, 3.8) is 0 Å². The Morgan fingerprint density at radius 1 is 1.17 bits per heavy atom. The molecule has 0 fully saturated rings. The molecule has 0 aliphatic heterocycles. The quantitative estimate of drug-likeness (QED) is 0.890. The van der Waals surface area contributed by atoms with Crippen LogP contribution in [0, 0.1) is 0 Å². The standard InChI is InChI=1S/C14H21ClO3/c1-8(2)12-13(9(3)7-16)10(15)6-11(17-4)14(12)18-5/h6,8-9,16H,7H2,1-5H3. The van der Waals surface area contributed by atoms with Crippen molar-refractivity contribution in [1.82, 2.24) is 0 Å². The molecule has 102 valence electrons. The Balaban J connectivity index is 3.59. The fraction of sp³-hybridized carbons (Fsp3) is 0.571. The first-order chi connectivity index (χ1) is 8.47. The van der Waals surface area contributed by atoms with E-state index < -0.39 is 0 Å². The second-order valence-electron chi connectivity index (χ2n) is 4.66. The average molecular weight is 273 g/mol. The summed E-state index contributed by atoms with van der Waals surface area (Å²) < 4.78 is 10.8. The molecular weight excluding hydrogens is 252 g/mol. The Hall–Kier alpha value is -0.930. The number of aliphatic hydroxyl groups excluding tert-OH is 1. The lowest BCUT2D eigenvalue weighted by Crippen LogP contribution is -2.09. The SMILES string of the molecule is COc1cc(Cl)c(C(C)CO)c(C(C)C)c1OC. The Kier molecular flexibility index (Phi) is 5.29. The van der Waals surface area contributed by atoms with Gasteiger partial charge in [0, 0.05) is 29.2 Å². The number of halogens is 1. The third kappa shape index (κ3) is 2.73. The molecule has 0 saturated heterocycles. The Labute approximate surface area is 114 Å². The monoisotopic (exact) mass is 272 g/mol. The lowest BCUT2D eigenvalue weighted by molar-refractivity contribution is 0.271. The van der Waals surface area contributed by atoms with Crippen molar-refractivity contribution < 1.29 is 14.6 Å². The van der Waals surface area contributed by atoms with Gasteiger partial charge in [0.1, 0.15) is 0 Å². The molecule has 0 spiro atoms.